The number of anilines is 2. The van der Waals surface area contributed by atoms with E-state index in [0.717, 1.165) is 17.5 Å². The number of fused-ring (bicyclic) bond motifs is 1. The number of hydrogen-bond acceptors (Lipinski definition) is 6. The molecule has 0 radical (unpaired) electrons. The highest BCUT2D eigenvalue weighted by atomic mass is 19.4. The van der Waals surface area contributed by atoms with E-state index in [1.54, 1.807) is 12.1 Å². The Morgan fingerprint density at radius 2 is 1.62 bits per heavy atom. The second kappa shape index (κ2) is 8.89. The third kappa shape index (κ3) is 4.75. The minimum atomic E-state index is -4.40. The summed E-state index contributed by atoms with van der Waals surface area (Å²) in [5.74, 6) is 1.56. The summed E-state index contributed by atoms with van der Waals surface area (Å²) >= 11 is 0. The van der Waals surface area contributed by atoms with Crippen LogP contribution in [0.2, 0.25) is 0 Å². The number of pyridine rings is 1. The second-order valence-electron chi connectivity index (χ2n) is 6.89. The molecule has 32 heavy (non-hydrogen) atoms. The molecule has 0 fully saturated rings. The molecule has 0 unspecified atom stereocenters. The standard InChI is InChI=1S/C23H17F3N6/c24-23(25,26)17-8-6-16(7-9-17)21-31-19-4-2-1-3-18(19)22(32-21)29-12-11-28-20-10-5-15(13-27)14-30-20/h1-10,14H,11-12H2,(H,28,30)(H,29,31,32). The summed E-state index contributed by atoms with van der Waals surface area (Å²) in [6.45, 7) is 1.04. The van der Waals surface area contributed by atoms with E-state index in [0.29, 0.717) is 47.2 Å². The van der Waals surface area contributed by atoms with E-state index in [4.69, 9.17) is 5.26 Å². The fraction of sp³-hybridized carbons (Fsp3) is 0.130. The smallest absolute Gasteiger partial charge is 0.368 e. The van der Waals surface area contributed by atoms with Crippen molar-refractivity contribution in [3.8, 4) is 17.5 Å². The first-order valence-corrected chi connectivity index (χ1v) is 9.72. The molecular weight excluding hydrogens is 417 g/mol. The number of benzene rings is 2. The Morgan fingerprint density at radius 3 is 2.31 bits per heavy atom. The molecule has 2 aromatic carbocycles. The van der Waals surface area contributed by atoms with Crippen molar-refractivity contribution in [2.45, 2.75) is 6.18 Å². The number of alkyl halides is 3. The first kappa shape index (κ1) is 21.1. The average Bonchev–Trinajstić information content (AvgIpc) is 2.81. The molecule has 4 rings (SSSR count). The van der Waals surface area contributed by atoms with Crippen LogP contribution in [0.4, 0.5) is 24.8 Å². The molecule has 2 N–H and O–H groups in total. The Morgan fingerprint density at radius 1 is 0.875 bits per heavy atom. The fourth-order valence-electron chi connectivity index (χ4n) is 3.08. The monoisotopic (exact) mass is 434 g/mol. The van der Waals surface area contributed by atoms with Gasteiger partial charge in [0.05, 0.1) is 16.6 Å². The van der Waals surface area contributed by atoms with Crippen molar-refractivity contribution in [3.63, 3.8) is 0 Å². The van der Waals surface area contributed by atoms with Crippen molar-refractivity contribution in [1.29, 1.82) is 5.26 Å². The van der Waals surface area contributed by atoms with Crippen molar-refractivity contribution >= 4 is 22.5 Å². The van der Waals surface area contributed by atoms with Gasteiger partial charge in [0.25, 0.3) is 0 Å². The maximum Gasteiger partial charge on any atom is 0.416 e. The van der Waals surface area contributed by atoms with E-state index >= 15 is 0 Å². The number of aromatic nitrogens is 3. The number of rotatable bonds is 6. The van der Waals surface area contributed by atoms with Gasteiger partial charge in [-0.3, -0.25) is 0 Å². The van der Waals surface area contributed by atoms with Crippen LogP contribution in [0.25, 0.3) is 22.3 Å². The molecule has 9 heteroatoms. The zero-order chi connectivity index (χ0) is 22.6. The van der Waals surface area contributed by atoms with Crippen LogP contribution >= 0.6 is 0 Å². The van der Waals surface area contributed by atoms with Gasteiger partial charge in [0.15, 0.2) is 5.82 Å². The predicted molar refractivity (Wildman–Crippen MR) is 116 cm³/mol. The molecule has 0 aliphatic heterocycles. The van der Waals surface area contributed by atoms with Gasteiger partial charge in [-0.15, -0.1) is 0 Å². The lowest BCUT2D eigenvalue weighted by molar-refractivity contribution is -0.137. The van der Waals surface area contributed by atoms with Crippen LogP contribution in [0.15, 0.2) is 66.9 Å². The highest BCUT2D eigenvalue weighted by Crippen LogP contribution is 2.31. The summed E-state index contributed by atoms with van der Waals surface area (Å²) in [7, 11) is 0. The molecule has 0 bridgehead atoms. The maximum atomic E-state index is 12.9. The van der Waals surface area contributed by atoms with Crippen molar-refractivity contribution in [1.82, 2.24) is 15.0 Å². The minimum Gasteiger partial charge on any atom is -0.368 e. The van der Waals surface area contributed by atoms with Gasteiger partial charge >= 0.3 is 6.18 Å². The Bertz CT molecular complexity index is 1260. The van der Waals surface area contributed by atoms with E-state index in [2.05, 4.69) is 25.6 Å². The zero-order valence-corrected chi connectivity index (χ0v) is 16.7. The quantitative estimate of drug-likeness (QED) is 0.411. The third-order valence-electron chi connectivity index (χ3n) is 4.69. The van der Waals surface area contributed by atoms with Crippen LogP contribution in [0.1, 0.15) is 11.1 Å². The Kier molecular flexibility index (Phi) is 5.85. The van der Waals surface area contributed by atoms with Crippen LogP contribution < -0.4 is 10.6 Å². The molecule has 0 atom stereocenters. The van der Waals surface area contributed by atoms with Crippen LogP contribution in [-0.2, 0) is 6.18 Å². The first-order chi connectivity index (χ1) is 15.4. The molecular formula is C23H17F3N6. The lowest BCUT2D eigenvalue weighted by Crippen LogP contribution is -2.15. The predicted octanol–water partition coefficient (Wildman–Crippen LogP) is 5.11. The summed E-state index contributed by atoms with van der Waals surface area (Å²) in [6, 6.07) is 17.6. The fourth-order valence-corrected chi connectivity index (χ4v) is 3.08. The van der Waals surface area contributed by atoms with Gasteiger partial charge in [-0.25, -0.2) is 15.0 Å². The lowest BCUT2D eigenvalue weighted by Gasteiger charge is -2.12. The molecule has 2 heterocycles. The van der Waals surface area contributed by atoms with Crippen molar-refractivity contribution in [2.75, 3.05) is 23.7 Å². The van der Waals surface area contributed by atoms with E-state index in [1.807, 2.05) is 30.3 Å². The molecule has 0 aliphatic carbocycles. The van der Waals surface area contributed by atoms with Crippen LogP contribution in [0.3, 0.4) is 0 Å². The molecule has 0 spiro atoms. The summed E-state index contributed by atoms with van der Waals surface area (Å²) < 4.78 is 38.6. The number of nitriles is 1. The van der Waals surface area contributed by atoms with Crippen molar-refractivity contribution in [3.05, 3.63) is 78.0 Å². The molecule has 0 saturated heterocycles. The summed E-state index contributed by atoms with van der Waals surface area (Å²) in [5, 5.41) is 16.0. The maximum absolute atomic E-state index is 12.9. The zero-order valence-electron chi connectivity index (χ0n) is 16.7. The van der Waals surface area contributed by atoms with Crippen LogP contribution in [-0.4, -0.2) is 28.0 Å². The lowest BCUT2D eigenvalue weighted by atomic mass is 10.1. The van der Waals surface area contributed by atoms with E-state index < -0.39 is 11.7 Å². The largest absolute Gasteiger partial charge is 0.416 e. The average molecular weight is 434 g/mol. The van der Waals surface area contributed by atoms with Gasteiger partial charge in [-0.1, -0.05) is 24.3 Å². The van der Waals surface area contributed by atoms with Gasteiger partial charge in [0.1, 0.15) is 17.7 Å². The molecule has 6 nitrogen and oxygen atoms in total. The normalized spacial score (nSPS) is 11.2. The molecule has 2 aromatic heterocycles. The van der Waals surface area contributed by atoms with Gasteiger partial charge in [-0.05, 0) is 36.4 Å². The van der Waals surface area contributed by atoms with Crippen LogP contribution in [0.5, 0.6) is 0 Å². The topological polar surface area (TPSA) is 86.5 Å². The Hall–Kier alpha value is -4.19. The number of nitrogens with zero attached hydrogens (tertiary/aromatic N) is 4. The summed E-state index contributed by atoms with van der Waals surface area (Å²) in [4.78, 5) is 13.2. The molecule has 0 saturated carbocycles. The Balaban J connectivity index is 1.52. The van der Waals surface area contributed by atoms with E-state index in [-0.39, 0.29) is 0 Å². The number of hydrogen-bond donors (Lipinski definition) is 2. The third-order valence-corrected chi connectivity index (χ3v) is 4.69. The van der Waals surface area contributed by atoms with Crippen LogP contribution in [0, 0.1) is 11.3 Å². The number of halogens is 3. The summed E-state index contributed by atoms with van der Waals surface area (Å²) in [5.41, 5.74) is 0.938. The Labute approximate surface area is 181 Å². The first-order valence-electron chi connectivity index (χ1n) is 9.72. The van der Waals surface area contributed by atoms with Gasteiger partial charge in [0, 0.05) is 30.2 Å². The highest BCUT2D eigenvalue weighted by molar-refractivity contribution is 5.90. The number of nitrogens with one attached hydrogen (secondary N) is 2. The molecule has 0 aliphatic rings. The van der Waals surface area contributed by atoms with Gasteiger partial charge in [-0.2, -0.15) is 18.4 Å². The van der Waals surface area contributed by atoms with Gasteiger partial charge in [0.2, 0.25) is 0 Å². The second-order valence-corrected chi connectivity index (χ2v) is 6.89. The molecule has 160 valence electrons. The van der Waals surface area contributed by atoms with Crippen molar-refractivity contribution < 1.29 is 13.2 Å². The molecule has 0 amide bonds. The van der Waals surface area contributed by atoms with Crippen molar-refractivity contribution in [2.24, 2.45) is 0 Å². The van der Waals surface area contributed by atoms with Gasteiger partial charge < -0.3 is 10.6 Å². The minimum absolute atomic E-state index is 0.335. The summed E-state index contributed by atoms with van der Waals surface area (Å²) in [6.07, 6.45) is -2.91. The molecule has 4 aromatic rings. The van der Waals surface area contributed by atoms with E-state index in [9.17, 15) is 13.2 Å². The SMILES string of the molecule is N#Cc1ccc(NCCNc2nc(-c3ccc(C(F)(F)F)cc3)nc3ccccc23)nc1. The number of para-hydroxylation sites is 1. The highest BCUT2D eigenvalue weighted by Gasteiger charge is 2.30. The van der Waals surface area contributed by atoms with E-state index in [1.165, 1.54) is 18.3 Å².